The number of hydrogen-bond donors (Lipinski definition) is 1. The molecule has 18 heavy (non-hydrogen) atoms. The van der Waals surface area contributed by atoms with Gasteiger partial charge in [0.05, 0.1) is 0 Å². The van der Waals surface area contributed by atoms with Crippen LogP contribution in [0.4, 0.5) is 0 Å². The van der Waals surface area contributed by atoms with Crippen LogP contribution in [0.15, 0.2) is 29.2 Å². The van der Waals surface area contributed by atoms with E-state index in [1.165, 1.54) is 0 Å². The van der Waals surface area contributed by atoms with Crippen molar-refractivity contribution in [2.45, 2.75) is 23.8 Å². The first kappa shape index (κ1) is 13.4. The highest BCUT2D eigenvalue weighted by Gasteiger charge is 2.24. The molecule has 1 fully saturated rings. The van der Waals surface area contributed by atoms with E-state index in [9.17, 15) is 4.79 Å². The van der Waals surface area contributed by atoms with Crippen LogP contribution in [-0.2, 0) is 0 Å². The molecule has 2 rings (SSSR count). The van der Waals surface area contributed by atoms with Crippen molar-refractivity contribution in [1.29, 1.82) is 0 Å². The minimum absolute atomic E-state index is 0.0976. The molecule has 0 radical (unpaired) electrons. The molecule has 98 valence electrons. The van der Waals surface area contributed by atoms with Crippen LogP contribution in [0.1, 0.15) is 23.2 Å². The Kier molecular flexibility index (Phi) is 4.30. The van der Waals surface area contributed by atoms with Crippen molar-refractivity contribution in [2.24, 2.45) is 0 Å². The summed E-state index contributed by atoms with van der Waals surface area (Å²) in [7, 11) is 4.03. The van der Waals surface area contributed by atoms with Crippen molar-refractivity contribution in [3.63, 3.8) is 0 Å². The van der Waals surface area contributed by atoms with Crippen molar-refractivity contribution in [2.75, 3.05) is 27.2 Å². The average molecular weight is 264 g/mol. The van der Waals surface area contributed by atoms with Crippen molar-refractivity contribution < 1.29 is 4.79 Å². The van der Waals surface area contributed by atoms with Gasteiger partial charge in [-0.2, -0.15) is 0 Å². The Morgan fingerprint density at radius 2 is 2.06 bits per heavy atom. The standard InChI is InChI=1S/C14H20N2OS/c1-15-8-6-12(7-9-15)16(2)14(17)11-4-3-5-13(18)10-11/h3-5,10,12,18H,6-9H2,1-2H3. The number of hydrogen-bond acceptors (Lipinski definition) is 3. The second-order valence-corrected chi connectivity index (χ2v) is 5.52. The normalized spacial score (nSPS) is 17.7. The van der Waals surface area contributed by atoms with Gasteiger partial charge < -0.3 is 9.80 Å². The molecule has 1 heterocycles. The largest absolute Gasteiger partial charge is 0.339 e. The third-order valence-electron chi connectivity index (χ3n) is 3.65. The van der Waals surface area contributed by atoms with Crippen LogP contribution in [0, 0.1) is 0 Å². The molecular formula is C14H20N2OS. The summed E-state index contributed by atoms with van der Waals surface area (Å²) in [6.07, 6.45) is 2.11. The SMILES string of the molecule is CN1CCC(N(C)C(=O)c2cccc(S)c2)CC1. The first-order chi connectivity index (χ1) is 8.58. The number of benzene rings is 1. The number of amides is 1. The summed E-state index contributed by atoms with van der Waals surface area (Å²) in [6, 6.07) is 7.80. The topological polar surface area (TPSA) is 23.6 Å². The molecule has 0 unspecified atom stereocenters. The lowest BCUT2D eigenvalue weighted by molar-refractivity contribution is 0.0659. The summed E-state index contributed by atoms with van der Waals surface area (Å²) in [5.74, 6) is 0.0976. The Labute approximate surface area is 114 Å². The van der Waals surface area contributed by atoms with Crippen LogP contribution < -0.4 is 0 Å². The van der Waals surface area contributed by atoms with E-state index in [0.717, 1.165) is 36.4 Å². The van der Waals surface area contributed by atoms with E-state index in [0.29, 0.717) is 6.04 Å². The number of carbonyl (C=O) groups is 1. The van der Waals surface area contributed by atoms with Crippen LogP contribution >= 0.6 is 12.6 Å². The Balaban J connectivity index is 2.04. The van der Waals surface area contributed by atoms with E-state index in [4.69, 9.17) is 0 Å². The van der Waals surface area contributed by atoms with Crippen molar-refractivity contribution in [3.05, 3.63) is 29.8 Å². The predicted octanol–water partition coefficient (Wildman–Crippen LogP) is 2.14. The minimum Gasteiger partial charge on any atom is -0.339 e. The summed E-state index contributed by atoms with van der Waals surface area (Å²) >= 11 is 4.28. The fourth-order valence-corrected chi connectivity index (χ4v) is 2.62. The smallest absolute Gasteiger partial charge is 0.253 e. The number of thiol groups is 1. The second-order valence-electron chi connectivity index (χ2n) is 5.00. The Bertz CT molecular complexity index is 428. The second kappa shape index (κ2) is 5.76. The van der Waals surface area contributed by atoms with Gasteiger partial charge in [0.2, 0.25) is 0 Å². The van der Waals surface area contributed by atoms with Gasteiger partial charge in [0, 0.05) is 23.5 Å². The maximum Gasteiger partial charge on any atom is 0.253 e. The summed E-state index contributed by atoms with van der Waals surface area (Å²) in [5.41, 5.74) is 0.726. The summed E-state index contributed by atoms with van der Waals surface area (Å²) in [5, 5.41) is 0. The van der Waals surface area contributed by atoms with Crippen molar-refractivity contribution in [3.8, 4) is 0 Å². The minimum atomic E-state index is 0.0976. The zero-order chi connectivity index (χ0) is 13.1. The predicted molar refractivity (Wildman–Crippen MR) is 76.3 cm³/mol. The molecule has 4 heteroatoms. The molecule has 1 saturated heterocycles. The van der Waals surface area contributed by atoms with E-state index in [2.05, 4.69) is 24.6 Å². The fraction of sp³-hybridized carbons (Fsp3) is 0.500. The van der Waals surface area contributed by atoms with Gasteiger partial charge in [-0.15, -0.1) is 12.6 Å². The van der Waals surface area contributed by atoms with Crippen molar-refractivity contribution in [1.82, 2.24) is 9.80 Å². The third kappa shape index (κ3) is 3.06. The van der Waals surface area contributed by atoms with E-state index < -0.39 is 0 Å². The number of rotatable bonds is 2. The van der Waals surface area contributed by atoms with Crippen LogP contribution in [0.2, 0.25) is 0 Å². The highest BCUT2D eigenvalue weighted by molar-refractivity contribution is 7.80. The van der Waals surface area contributed by atoms with Gasteiger partial charge in [-0.05, 0) is 51.2 Å². The van der Waals surface area contributed by atoms with Crippen molar-refractivity contribution >= 4 is 18.5 Å². The molecule has 1 aliphatic heterocycles. The molecular weight excluding hydrogens is 244 g/mol. The molecule has 0 N–H and O–H groups in total. The summed E-state index contributed by atoms with van der Waals surface area (Å²) in [4.78, 5) is 17.4. The first-order valence-corrected chi connectivity index (χ1v) is 6.77. The van der Waals surface area contributed by atoms with Crippen LogP contribution in [0.3, 0.4) is 0 Å². The van der Waals surface area contributed by atoms with Gasteiger partial charge in [-0.25, -0.2) is 0 Å². The fourth-order valence-electron chi connectivity index (χ4n) is 2.39. The van der Waals surface area contributed by atoms with Gasteiger partial charge in [0.15, 0.2) is 0 Å². The molecule has 0 spiro atoms. The van der Waals surface area contributed by atoms with E-state index in [1.807, 2.05) is 36.2 Å². The molecule has 0 aliphatic carbocycles. The molecule has 0 aromatic heterocycles. The zero-order valence-electron chi connectivity index (χ0n) is 11.0. The molecule has 0 atom stereocenters. The lowest BCUT2D eigenvalue weighted by Crippen LogP contribution is -2.44. The monoisotopic (exact) mass is 264 g/mol. The average Bonchev–Trinajstić information content (AvgIpc) is 2.38. The number of carbonyl (C=O) groups excluding carboxylic acids is 1. The number of likely N-dealkylation sites (tertiary alicyclic amines) is 1. The maximum absolute atomic E-state index is 12.4. The number of nitrogens with zero attached hydrogens (tertiary/aromatic N) is 2. The van der Waals surface area contributed by atoms with E-state index in [-0.39, 0.29) is 5.91 Å². The highest BCUT2D eigenvalue weighted by Crippen LogP contribution is 2.17. The molecule has 3 nitrogen and oxygen atoms in total. The Hall–Kier alpha value is -1.00. The third-order valence-corrected chi connectivity index (χ3v) is 3.93. The Morgan fingerprint density at radius 1 is 1.39 bits per heavy atom. The van der Waals surface area contributed by atoms with Gasteiger partial charge in [-0.1, -0.05) is 6.07 Å². The van der Waals surface area contributed by atoms with Gasteiger partial charge in [0.25, 0.3) is 5.91 Å². The maximum atomic E-state index is 12.4. The molecule has 1 amide bonds. The summed E-state index contributed by atoms with van der Waals surface area (Å²) in [6.45, 7) is 2.13. The lowest BCUT2D eigenvalue weighted by atomic mass is 10.0. The highest BCUT2D eigenvalue weighted by atomic mass is 32.1. The van der Waals surface area contributed by atoms with E-state index >= 15 is 0 Å². The quantitative estimate of drug-likeness (QED) is 0.827. The molecule has 1 aromatic rings. The Morgan fingerprint density at radius 3 is 2.67 bits per heavy atom. The zero-order valence-corrected chi connectivity index (χ0v) is 11.9. The van der Waals surface area contributed by atoms with Gasteiger partial charge in [-0.3, -0.25) is 4.79 Å². The molecule has 1 aliphatic rings. The molecule has 1 aromatic carbocycles. The van der Waals surface area contributed by atoms with Gasteiger partial charge in [0.1, 0.15) is 0 Å². The lowest BCUT2D eigenvalue weighted by Gasteiger charge is -2.35. The van der Waals surface area contributed by atoms with Crippen LogP contribution in [0.25, 0.3) is 0 Å². The van der Waals surface area contributed by atoms with Crippen LogP contribution in [-0.4, -0.2) is 48.9 Å². The van der Waals surface area contributed by atoms with E-state index in [1.54, 1.807) is 0 Å². The first-order valence-electron chi connectivity index (χ1n) is 6.32. The molecule has 0 saturated carbocycles. The number of piperidine rings is 1. The summed E-state index contributed by atoms with van der Waals surface area (Å²) < 4.78 is 0. The molecule has 0 bridgehead atoms. The van der Waals surface area contributed by atoms with Gasteiger partial charge >= 0.3 is 0 Å². The van der Waals surface area contributed by atoms with Crippen LogP contribution in [0.5, 0.6) is 0 Å².